The van der Waals surface area contributed by atoms with Crippen molar-refractivity contribution < 1.29 is 14.3 Å². The average Bonchev–Trinajstić information content (AvgIpc) is 2.57. The van der Waals surface area contributed by atoms with E-state index < -0.39 is 0 Å². The van der Waals surface area contributed by atoms with Gasteiger partial charge in [-0.25, -0.2) is 4.79 Å². The van der Waals surface area contributed by atoms with E-state index in [9.17, 15) is 9.59 Å². The van der Waals surface area contributed by atoms with Crippen LogP contribution in [-0.4, -0.2) is 25.5 Å². The predicted molar refractivity (Wildman–Crippen MR) is 95.4 cm³/mol. The minimum Gasteiger partial charge on any atom is -0.465 e. The summed E-state index contributed by atoms with van der Waals surface area (Å²) in [5.41, 5.74) is 4.23. The van der Waals surface area contributed by atoms with Crippen molar-refractivity contribution in [2.24, 2.45) is 0 Å². The van der Waals surface area contributed by atoms with Crippen LogP contribution in [0.3, 0.4) is 0 Å². The highest BCUT2D eigenvalue weighted by Crippen LogP contribution is 2.16. The molecule has 2 aromatic carbocycles. The molecule has 2 rings (SSSR count). The second kappa shape index (κ2) is 8.15. The van der Waals surface area contributed by atoms with Crippen molar-refractivity contribution in [2.45, 2.75) is 20.3 Å². The number of nitrogens with one attached hydrogen (secondary N) is 2. The van der Waals surface area contributed by atoms with Gasteiger partial charge in [-0.15, -0.1) is 0 Å². The highest BCUT2D eigenvalue weighted by Gasteiger charge is 2.07. The Morgan fingerprint density at radius 1 is 1.08 bits per heavy atom. The maximum absolute atomic E-state index is 12.1. The smallest absolute Gasteiger partial charge is 0.337 e. The van der Waals surface area contributed by atoms with Crippen molar-refractivity contribution in [1.82, 2.24) is 0 Å². The van der Waals surface area contributed by atoms with Crippen LogP contribution in [0, 0.1) is 13.8 Å². The van der Waals surface area contributed by atoms with Gasteiger partial charge in [0.2, 0.25) is 5.91 Å². The lowest BCUT2D eigenvalue weighted by atomic mass is 10.1. The third kappa shape index (κ3) is 4.84. The molecule has 2 N–H and O–H groups in total. The van der Waals surface area contributed by atoms with Crippen LogP contribution < -0.4 is 10.6 Å². The Hall–Kier alpha value is -2.82. The fourth-order valence-corrected chi connectivity index (χ4v) is 2.28. The Kier molecular flexibility index (Phi) is 5.95. The molecule has 5 nitrogen and oxygen atoms in total. The number of aryl methyl sites for hydroxylation is 2. The summed E-state index contributed by atoms with van der Waals surface area (Å²) in [5.74, 6) is -0.438. The van der Waals surface area contributed by atoms with E-state index in [1.165, 1.54) is 7.11 Å². The Morgan fingerprint density at radius 2 is 1.88 bits per heavy atom. The standard InChI is InChI=1S/C19H22N2O3/c1-13-7-8-14(2)17(11-13)21-18(22)9-10-20-16-6-4-5-15(12-16)19(23)24-3/h4-8,11-12,20H,9-10H2,1-3H3,(H,21,22). The van der Waals surface area contributed by atoms with Crippen molar-refractivity contribution in [1.29, 1.82) is 0 Å². The van der Waals surface area contributed by atoms with Crippen molar-refractivity contribution in [3.05, 3.63) is 59.2 Å². The van der Waals surface area contributed by atoms with Crippen molar-refractivity contribution >= 4 is 23.3 Å². The number of anilines is 2. The summed E-state index contributed by atoms with van der Waals surface area (Å²) >= 11 is 0. The van der Waals surface area contributed by atoms with E-state index in [0.717, 1.165) is 22.5 Å². The molecule has 0 saturated carbocycles. The molecule has 0 fully saturated rings. The van der Waals surface area contributed by atoms with Gasteiger partial charge in [-0.3, -0.25) is 4.79 Å². The van der Waals surface area contributed by atoms with Gasteiger partial charge < -0.3 is 15.4 Å². The first kappa shape index (κ1) is 17.5. The van der Waals surface area contributed by atoms with E-state index in [-0.39, 0.29) is 11.9 Å². The van der Waals surface area contributed by atoms with Crippen LogP contribution in [0.4, 0.5) is 11.4 Å². The van der Waals surface area contributed by atoms with Crippen LogP contribution in [0.1, 0.15) is 27.9 Å². The summed E-state index contributed by atoms with van der Waals surface area (Å²) in [4.78, 5) is 23.6. The van der Waals surface area contributed by atoms with E-state index in [1.54, 1.807) is 18.2 Å². The lowest BCUT2D eigenvalue weighted by Crippen LogP contribution is -2.17. The quantitative estimate of drug-likeness (QED) is 0.797. The zero-order chi connectivity index (χ0) is 17.5. The van der Waals surface area contributed by atoms with Crippen LogP contribution >= 0.6 is 0 Å². The maximum atomic E-state index is 12.1. The summed E-state index contributed by atoms with van der Waals surface area (Å²) in [7, 11) is 1.35. The van der Waals surface area contributed by atoms with Gasteiger partial charge >= 0.3 is 5.97 Å². The Bertz CT molecular complexity index is 741. The van der Waals surface area contributed by atoms with Crippen LogP contribution in [0.5, 0.6) is 0 Å². The molecule has 0 spiro atoms. The lowest BCUT2D eigenvalue weighted by molar-refractivity contribution is -0.115. The number of benzene rings is 2. The summed E-state index contributed by atoms with van der Waals surface area (Å²) in [6, 6.07) is 13.0. The highest BCUT2D eigenvalue weighted by atomic mass is 16.5. The fraction of sp³-hybridized carbons (Fsp3) is 0.263. The molecule has 0 atom stereocenters. The largest absolute Gasteiger partial charge is 0.465 e. The van der Waals surface area contributed by atoms with Gasteiger partial charge in [-0.2, -0.15) is 0 Å². The van der Waals surface area contributed by atoms with Gasteiger partial charge in [0.15, 0.2) is 0 Å². The van der Waals surface area contributed by atoms with Gasteiger partial charge in [0, 0.05) is 24.3 Å². The second-order valence-corrected chi connectivity index (χ2v) is 5.62. The average molecular weight is 326 g/mol. The molecule has 0 aliphatic rings. The highest BCUT2D eigenvalue weighted by molar-refractivity contribution is 5.92. The Morgan fingerprint density at radius 3 is 2.62 bits per heavy atom. The monoisotopic (exact) mass is 326 g/mol. The summed E-state index contributed by atoms with van der Waals surface area (Å²) in [6.45, 7) is 4.43. The van der Waals surface area contributed by atoms with Gasteiger partial charge in [-0.05, 0) is 49.2 Å². The van der Waals surface area contributed by atoms with Gasteiger partial charge in [0.05, 0.1) is 12.7 Å². The number of carbonyl (C=O) groups is 2. The number of amides is 1. The molecule has 126 valence electrons. The molecule has 5 heteroatoms. The summed E-state index contributed by atoms with van der Waals surface area (Å²) in [5, 5.41) is 6.06. The third-order valence-corrected chi connectivity index (χ3v) is 3.63. The predicted octanol–water partition coefficient (Wildman–Crippen LogP) is 3.53. The second-order valence-electron chi connectivity index (χ2n) is 5.62. The molecule has 2 aromatic rings. The maximum Gasteiger partial charge on any atom is 0.337 e. The number of carbonyl (C=O) groups excluding carboxylic acids is 2. The van der Waals surface area contributed by atoms with Crippen LogP contribution in [0.15, 0.2) is 42.5 Å². The topological polar surface area (TPSA) is 67.4 Å². The van der Waals surface area contributed by atoms with E-state index in [0.29, 0.717) is 18.5 Å². The molecule has 0 saturated heterocycles. The van der Waals surface area contributed by atoms with E-state index in [2.05, 4.69) is 10.6 Å². The van der Waals surface area contributed by atoms with Crippen LogP contribution in [-0.2, 0) is 9.53 Å². The van der Waals surface area contributed by atoms with Crippen molar-refractivity contribution in [3.63, 3.8) is 0 Å². The van der Waals surface area contributed by atoms with Crippen molar-refractivity contribution in [3.8, 4) is 0 Å². The molecule has 0 aliphatic heterocycles. The SMILES string of the molecule is COC(=O)c1cccc(NCCC(=O)Nc2cc(C)ccc2C)c1. The zero-order valence-electron chi connectivity index (χ0n) is 14.2. The molecule has 1 amide bonds. The third-order valence-electron chi connectivity index (χ3n) is 3.63. The minimum absolute atomic E-state index is 0.0553. The Labute approximate surface area is 142 Å². The van der Waals surface area contributed by atoms with E-state index >= 15 is 0 Å². The van der Waals surface area contributed by atoms with E-state index in [1.807, 2.05) is 38.1 Å². The molecule has 0 radical (unpaired) electrons. The fourth-order valence-electron chi connectivity index (χ4n) is 2.28. The number of rotatable bonds is 6. The zero-order valence-corrected chi connectivity index (χ0v) is 14.2. The first-order valence-corrected chi connectivity index (χ1v) is 7.79. The molecule has 0 aromatic heterocycles. The first-order valence-electron chi connectivity index (χ1n) is 7.79. The Balaban J connectivity index is 1.86. The molecule has 24 heavy (non-hydrogen) atoms. The first-order chi connectivity index (χ1) is 11.5. The van der Waals surface area contributed by atoms with Crippen LogP contribution in [0.25, 0.3) is 0 Å². The number of hydrogen-bond donors (Lipinski definition) is 2. The lowest BCUT2D eigenvalue weighted by Gasteiger charge is -2.10. The summed E-state index contributed by atoms with van der Waals surface area (Å²) < 4.78 is 4.69. The number of ether oxygens (including phenoxy) is 1. The molecule has 0 aliphatic carbocycles. The molecular weight excluding hydrogens is 304 g/mol. The number of methoxy groups -OCH3 is 1. The summed E-state index contributed by atoms with van der Waals surface area (Å²) in [6.07, 6.45) is 0.329. The number of esters is 1. The van der Waals surface area contributed by atoms with Gasteiger partial charge in [0.25, 0.3) is 0 Å². The van der Waals surface area contributed by atoms with E-state index in [4.69, 9.17) is 4.74 Å². The normalized spacial score (nSPS) is 10.1. The molecule has 0 unspecified atom stereocenters. The van der Waals surface area contributed by atoms with Gasteiger partial charge in [-0.1, -0.05) is 18.2 Å². The minimum atomic E-state index is -0.383. The number of hydrogen-bond acceptors (Lipinski definition) is 4. The molecular formula is C19H22N2O3. The van der Waals surface area contributed by atoms with Crippen molar-refractivity contribution in [2.75, 3.05) is 24.3 Å². The molecule has 0 bridgehead atoms. The van der Waals surface area contributed by atoms with Gasteiger partial charge in [0.1, 0.15) is 0 Å². The van der Waals surface area contributed by atoms with Crippen LogP contribution in [0.2, 0.25) is 0 Å². The molecule has 0 heterocycles.